The molecule has 0 radical (unpaired) electrons. The van der Waals surface area contributed by atoms with Gasteiger partial charge in [-0.25, -0.2) is 0 Å². The minimum atomic E-state index is -5.05. The van der Waals surface area contributed by atoms with Gasteiger partial charge in [0.15, 0.2) is 5.60 Å². The van der Waals surface area contributed by atoms with E-state index in [9.17, 15) is 18.0 Å². The van der Waals surface area contributed by atoms with Gasteiger partial charge in [0.1, 0.15) is 0 Å². The maximum Gasteiger partial charge on any atom is 0.417 e. The van der Waals surface area contributed by atoms with E-state index in [0.717, 1.165) is 0 Å². The van der Waals surface area contributed by atoms with Crippen LogP contribution in [0.4, 0.5) is 13.2 Å². The van der Waals surface area contributed by atoms with E-state index in [-0.39, 0.29) is 0 Å². The Morgan fingerprint density at radius 1 is 1.31 bits per heavy atom. The Hall–Kier alpha value is -0.820. The molecular formula is C6H9F3O4. The van der Waals surface area contributed by atoms with Crippen LogP contribution in [-0.2, 0) is 4.79 Å². The van der Waals surface area contributed by atoms with Crippen LogP contribution >= 0.6 is 0 Å². The van der Waals surface area contributed by atoms with Crippen LogP contribution in [0.1, 0.15) is 12.8 Å². The lowest BCUT2D eigenvalue weighted by molar-refractivity contribution is -0.266. The number of aliphatic carboxylic acids is 1. The van der Waals surface area contributed by atoms with Crippen molar-refractivity contribution in [2.45, 2.75) is 24.6 Å². The first-order valence-electron chi connectivity index (χ1n) is 3.35. The number of carbonyl (C=O) groups is 1. The fourth-order valence-corrected chi connectivity index (χ4v) is 0.765. The van der Waals surface area contributed by atoms with E-state index in [1.54, 1.807) is 0 Å². The lowest BCUT2D eigenvalue weighted by Crippen LogP contribution is -2.47. The van der Waals surface area contributed by atoms with Gasteiger partial charge >= 0.3 is 12.1 Å². The molecular weight excluding hydrogens is 193 g/mol. The van der Waals surface area contributed by atoms with Crippen molar-refractivity contribution < 1.29 is 33.3 Å². The topological polar surface area (TPSA) is 77.8 Å². The van der Waals surface area contributed by atoms with Crippen molar-refractivity contribution in [2.24, 2.45) is 0 Å². The third-order valence-electron chi connectivity index (χ3n) is 1.50. The van der Waals surface area contributed by atoms with Gasteiger partial charge in [-0.2, -0.15) is 13.2 Å². The van der Waals surface area contributed by atoms with Crippen LogP contribution in [-0.4, -0.2) is 39.7 Å². The highest BCUT2D eigenvalue weighted by atomic mass is 19.4. The Morgan fingerprint density at radius 3 is 2.00 bits per heavy atom. The minimum absolute atomic E-state index is 0.927. The fourth-order valence-electron chi connectivity index (χ4n) is 0.765. The minimum Gasteiger partial charge on any atom is -0.481 e. The zero-order valence-corrected chi connectivity index (χ0v) is 6.51. The summed E-state index contributed by atoms with van der Waals surface area (Å²) < 4.78 is 36.1. The molecule has 0 heterocycles. The predicted molar refractivity (Wildman–Crippen MR) is 35.0 cm³/mol. The van der Waals surface area contributed by atoms with Gasteiger partial charge in [-0.1, -0.05) is 0 Å². The zero-order chi connectivity index (χ0) is 10.7. The molecule has 78 valence electrons. The second-order valence-corrected chi connectivity index (χ2v) is 2.57. The van der Waals surface area contributed by atoms with Crippen molar-refractivity contribution >= 4 is 5.97 Å². The molecule has 1 atom stereocenters. The first-order valence-corrected chi connectivity index (χ1v) is 3.35. The summed E-state index contributed by atoms with van der Waals surface area (Å²) in [5.74, 6) is -1.77. The van der Waals surface area contributed by atoms with E-state index < -0.39 is 37.2 Å². The van der Waals surface area contributed by atoms with Crippen LogP contribution in [0.3, 0.4) is 0 Å². The highest BCUT2D eigenvalue weighted by molar-refractivity contribution is 5.68. The first kappa shape index (κ1) is 12.2. The molecule has 7 heteroatoms. The fraction of sp³-hybridized carbons (Fsp3) is 0.833. The second kappa shape index (κ2) is 3.93. The van der Waals surface area contributed by atoms with Crippen molar-refractivity contribution in [1.29, 1.82) is 0 Å². The van der Waals surface area contributed by atoms with Gasteiger partial charge in [0, 0.05) is 13.0 Å². The largest absolute Gasteiger partial charge is 0.481 e. The number of carboxylic acid groups (broad SMARTS) is 1. The molecule has 0 aliphatic rings. The van der Waals surface area contributed by atoms with Crippen LogP contribution in [0.15, 0.2) is 0 Å². The predicted octanol–water partition coefficient (Wildman–Crippen LogP) is 0.137. The zero-order valence-electron chi connectivity index (χ0n) is 6.51. The van der Waals surface area contributed by atoms with Gasteiger partial charge in [-0.05, 0) is 0 Å². The molecule has 3 N–H and O–H groups in total. The Bertz CT molecular complexity index is 191. The van der Waals surface area contributed by atoms with Gasteiger partial charge in [0.25, 0.3) is 0 Å². The normalized spacial score (nSPS) is 16.7. The number of rotatable bonds is 4. The molecule has 0 saturated heterocycles. The molecule has 0 aliphatic carbocycles. The quantitative estimate of drug-likeness (QED) is 0.605. The van der Waals surface area contributed by atoms with Gasteiger partial charge in [-0.3, -0.25) is 4.79 Å². The van der Waals surface area contributed by atoms with Crippen LogP contribution in [0.5, 0.6) is 0 Å². The van der Waals surface area contributed by atoms with Crippen LogP contribution < -0.4 is 0 Å². The third kappa shape index (κ3) is 3.19. The summed E-state index contributed by atoms with van der Waals surface area (Å²) in [5.41, 5.74) is -3.34. The Morgan fingerprint density at radius 2 is 1.77 bits per heavy atom. The maximum absolute atomic E-state index is 12.0. The summed E-state index contributed by atoms with van der Waals surface area (Å²) >= 11 is 0. The Balaban J connectivity index is 4.62. The Kier molecular flexibility index (Phi) is 3.68. The molecule has 0 rings (SSSR count). The third-order valence-corrected chi connectivity index (χ3v) is 1.50. The van der Waals surface area contributed by atoms with Crippen molar-refractivity contribution in [2.75, 3.05) is 6.61 Å². The van der Waals surface area contributed by atoms with Crippen LogP contribution in [0, 0.1) is 0 Å². The maximum atomic E-state index is 12.0. The van der Waals surface area contributed by atoms with E-state index in [1.807, 2.05) is 0 Å². The number of hydrogen-bond donors (Lipinski definition) is 3. The van der Waals surface area contributed by atoms with Crippen molar-refractivity contribution in [3.05, 3.63) is 0 Å². The highest BCUT2D eigenvalue weighted by Crippen LogP contribution is 2.35. The van der Waals surface area contributed by atoms with Gasteiger partial charge in [0.05, 0.1) is 6.42 Å². The molecule has 1 unspecified atom stereocenters. The molecule has 0 fully saturated rings. The average molecular weight is 202 g/mol. The van der Waals surface area contributed by atoms with Crippen molar-refractivity contribution in [3.8, 4) is 0 Å². The smallest absolute Gasteiger partial charge is 0.417 e. The van der Waals surface area contributed by atoms with Gasteiger partial charge in [-0.15, -0.1) is 0 Å². The van der Waals surface area contributed by atoms with Crippen molar-refractivity contribution in [3.63, 3.8) is 0 Å². The van der Waals surface area contributed by atoms with E-state index in [0.29, 0.717) is 0 Å². The first-order chi connectivity index (χ1) is 5.73. The molecule has 0 spiro atoms. The molecule has 0 bridgehead atoms. The number of hydrogen-bond acceptors (Lipinski definition) is 3. The number of aliphatic hydroxyl groups excluding tert-OH is 1. The number of halogens is 3. The lowest BCUT2D eigenvalue weighted by atomic mass is 9.95. The summed E-state index contributed by atoms with van der Waals surface area (Å²) in [6.45, 7) is -0.927. The summed E-state index contributed by atoms with van der Waals surface area (Å²) in [5, 5.41) is 25.2. The number of aliphatic hydroxyl groups is 2. The number of alkyl halides is 3. The highest BCUT2D eigenvalue weighted by Gasteiger charge is 2.54. The summed E-state index contributed by atoms with van der Waals surface area (Å²) in [6, 6.07) is 0. The number of carboxylic acids is 1. The average Bonchev–Trinajstić information content (AvgIpc) is 1.82. The standard InChI is InChI=1S/C6H9F3O4/c7-6(8,9)5(13,1-2-10)3-4(11)12/h10,13H,1-3H2,(H,11,12). The van der Waals surface area contributed by atoms with Gasteiger partial charge in [0.2, 0.25) is 0 Å². The molecule has 0 saturated carbocycles. The van der Waals surface area contributed by atoms with Crippen LogP contribution in [0.25, 0.3) is 0 Å². The van der Waals surface area contributed by atoms with E-state index in [4.69, 9.17) is 15.3 Å². The second-order valence-electron chi connectivity index (χ2n) is 2.57. The molecule has 4 nitrogen and oxygen atoms in total. The molecule has 0 aromatic heterocycles. The van der Waals surface area contributed by atoms with Crippen LogP contribution in [0.2, 0.25) is 0 Å². The molecule has 0 amide bonds. The van der Waals surface area contributed by atoms with E-state index in [2.05, 4.69) is 0 Å². The van der Waals surface area contributed by atoms with E-state index >= 15 is 0 Å². The Labute approximate surface area is 71.6 Å². The summed E-state index contributed by atoms with van der Waals surface area (Å²) in [4.78, 5) is 9.99. The lowest BCUT2D eigenvalue weighted by Gasteiger charge is -2.28. The van der Waals surface area contributed by atoms with Crippen molar-refractivity contribution in [1.82, 2.24) is 0 Å². The molecule has 0 aliphatic heterocycles. The van der Waals surface area contributed by atoms with E-state index in [1.165, 1.54) is 0 Å². The molecule has 0 aromatic carbocycles. The monoisotopic (exact) mass is 202 g/mol. The van der Waals surface area contributed by atoms with Gasteiger partial charge < -0.3 is 15.3 Å². The summed E-state index contributed by atoms with van der Waals surface area (Å²) in [7, 11) is 0. The SMILES string of the molecule is O=C(O)CC(O)(CCO)C(F)(F)F. The molecule has 13 heavy (non-hydrogen) atoms. The summed E-state index contributed by atoms with van der Waals surface area (Å²) in [6.07, 6.45) is -7.55. The molecule has 0 aromatic rings.